The predicted octanol–water partition coefficient (Wildman–Crippen LogP) is 5.29. The Morgan fingerprint density at radius 1 is 0.950 bits per heavy atom. The lowest BCUT2D eigenvalue weighted by atomic mass is 10.1. The first-order chi connectivity index (χ1) is 9.66. The van der Waals surface area contributed by atoms with E-state index < -0.39 is 0 Å². The van der Waals surface area contributed by atoms with Gasteiger partial charge in [-0.25, -0.2) is 0 Å². The van der Waals surface area contributed by atoms with E-state index in [1.165, 1.54) is 5.56 Å². The van der Waals surface area contributed by atoms with Crippen molar-refractivity contribution in [2.75, 3.05) is 0 Å². The zero-order valence-corrected chi connectivity index (χ0v) is 13.0. The molecule has 0 saturated heterocycles. The Hall–Kier alpha value is -0.730. The second-order valence-corrected chi connectivity index (χ2v) is 6.25. The van der Waals surface area contributed by atoms with Crippen LogP contribution in [0.15, 0.2) is 42.5 Å². The molecule has 1 aliphatic rings. The molecule has 1 saturated carbocycles. The standard InChI is InChI=1S/C16H14Cl3N/c17-13-6-7-14(18)16(19)12(13)9-20-15-8-11(15)10-4-2-1-3-5-10/h1-7,11,15,20H,8-9H2. The van der Waals surface area contributed by atoms with Crippen LogP contribution in [0.4, 0.5) is 0 Å². The van der Waals surface area contributed by atoms with Crippen LogP contribution in [0.3, 0.4) is 0 Å². The maximum atomic E-state index is 6.20. The molecule has 0 radical (unpaired) electrons. The van der Waals surface area contributed by atoms with Crippen LogP contribution in [0, 0.1) is 0 Å². The zero-order chi connectivity index (χ0) is 14.1. The number of benzene rings is 2. The SMILES string of the molecule is Clc1ccc(Cl)c(CNC2CC2c2ccccc2)c1Cl. The van der Waals surface area contributed by atoms with Crippen LogP contribution < -0.4 is 5.32 Å². The highest BCUT2D eigenvalue weighted by Gasteiger charge is 2.37. The summed E-state index contributed by atoms with van der Waals surface area (Å²) in [7, 11) is 0. The minimum atomic E-state index is 0.489. The van der Waals surface area contributed by atoms with Crippen LogP contribution in [-0.2, 0) is 6.54 Å². The number of nitrogens with one attached hydrogen (secondary N) is 1. The Morgan fingerprint density at radius 2 is 1.65 bits per heavy atom. The smallest absolute Gasteiger partial charge is 0.0652 e. The molecule has 2 unspecified atom stereocenters. The second kappa shape index (κ2) is 5.95. The Bertz CT molecular complexity index is 613. The van der Waals surface area contributed by atoms with Crippen LogP contribution in [0.2, 0.25) is 15.1 Å². The van der Waals surface area contributed by atoms with Gasteiger partial charge in [-0.2, -0.15) is 0 Å². The summed E-state index contributed by atoms with van der Waals surface area (Å²) in [6, 6.07) is 14.5. The largest absolute Gasteiger partial charge is 0.309 e. The average molecular weight is 327 g/mol. The van der Waals surface area contributed by atoms with Gasteiger partial charge in [0.15, 0.2) is 0 Å². The van der Waals surface area contributed by atoms with E-state index in [4.69, 9.17) is 34.8 Å². The Balaban J connectivity index is 1.64. The molecule has 0 spiro atoms. The molecule has 1 fully saturated rings. The normalized spacial score (nSPS) is 20.9. The van der Waals surface area contributed by atoms with Crippen LogP contribution in [0.1, 0.15) is 23.5 Å². The summed E-state index contributed by atoms with van der Waals surface area (Å²) in [6.07, 6.45) is 1.15. The summed E-state index contributed by atoms with van der Waals surface area (Å²) in [5.41, 5.74) is 2.26. The van der Waals surface area contributed by atoms with Crippen molar-refractivity contribution in [3.8, 4) is 0 Å². The molecule has 0 bridgehead atoms. The zero-order valence-electron chi connectivity index (χ0n) is 10.7. The topological polar surface area (TPSA) is 12.0 Å². The molecule has 1 N–H and O–H groups in total. The molecule has 2 atom stereocenters. The molecule has 2 aromatic rings. The second-order valence-electron chi connectivity index (χ2n) is 5.06. The molecule has 2 aromatic carbocycles. The van der Waals surface area contributed by atoms with Crippen molar-refractivity contribution in [2.45, 2.75) is 24.9 Å². The van der Waals surface area contributed by atoms with Gasteiger partial charge in [-0.1, -0.05) is 65.1 Å². The van der Waals surface area contributed by atoms with Gasteiger partial charge in [-0.05, 0) is 24.1 Å². The van der Waals surface area contributed by atoms with E-state index in [0.717, 1.165) is 12.0 Å². The van der Waals surface area contributed by atoms with Crippen molar-refractivity contribution >= 4 is 34.8 Å². The van der Waals surface area contributed by atoms with Crippen molar-refractivity contribution in [1.29, 1.82) is 0 Å². The molecule has 1 aliphatic carbocycles. The number of hydrogen-bond acceptors (Lipinski definition) is 1. The molecule has 104 valence electrons. The van der Waals surface area contributed by atoms with Crippen LogP contribution >= 0.6 is 34.8 Å². The number of halogens is 3. The van der Waals surface area contributed by atoms with Gasteiger partial charge >= 0.3 is 0 Å². The summed E-state index contributed by atoms with van der Waals surface area (Å²) in [5, 5.41) is 5.25. The molecule has 0 aromatic heterocycles. The van der Waals surface area contributed by atoms with E-state index in [2.05, 4.69) is 29.6 Å². The first-order valence-corrected chi connectivity index (χ1v) is 7.71. The molecule has 4 heteroatoms. The third-order valence-corrected chi connectivity index (χ3v) is 4.90. The molecule has 0 amide bonds. The van der Waals surface area contributed by atoms with Crippen molar-refractivity contribution < 1.29 is 0 Å². The molecule has 0 heterocycles. The molecule has 20 heavy (non-hydrogen) atoms. The highest BCUT2D eigenvalue weighted by atomic mass is 35.5. The van der Waals surface area contributed by atoms with E-state index in [1.807, 2.05) is 6.07 Å². The summed E-state index contributed by atoms with van der Waals surface area (Å²) < 4.78 is 0. The van der Waals surface area contributed by atoms with E-state index in [1.54, 1.807) is 12.1 Å². The summed E-state index contributed by atoms with van der Waals surface area (Å²) >= 11 is 18.4. The maximum Gasteiger partial charge on any atom is 0.0652 e. The van der Waals surface area contributed by atoms with Gasteiger partial charge in [0.25, 0.3) is 0 Å². The van der Waals surface area contributed by atoms with Gasteiger partial charge in [0, 0.05) is 29.1 Å². The minimum Gasteiger partial charge on any atom is -0.309 e. The van der Waals surface area contributed by atoms with Gasteiger partial charge in [0.2, 0.25) is 0 Å². The summed E-state index contributed by atoms with van der Waals surface area (Å²) in [6.45, 7) is 0.645. The van der Waals surface area contributed by atoms with E-state index in [-0.39, 0.29) is 0 Å². The molecular weight excluding hydrogens is 313 g/mol. The lowest BCUT2D eigenvalue weighted by Crippen LogP contribution is -2.17. The highest BCUT2D eigenvalue weighted by molar-refractivity contribution is 6.44. The minimum absolute atomic E-state index is 0.489. The number of hydrogen-bond donors (Lipinski definition) is 1. The van der Waals surface area contributed by atoms with Gasteiger partial charge < -0.3 is 5.32 Å². The lowest BCUT2D eigenvalue weighted by Gasteiger charge is -2.10. The van der Waals surface area contributed by atoms with Gasteiger partial charge in [0.05, 0.1) is 10.0 Å². The summed E-state index contributed by atoms with van der Waals surface area (Å²) in [4.78, 5) is 0. The lowest BCUT2D eigenvalue weighted by molar-refractivity contribution is 0.673. The van der Waals surface area contributed by atoms with Gasteiger partial charge in [0.1, 0.15) is 0 Å². The summed E-state index contributed by atoms with van der Waals surface area (Å²) in [5.74, 6) is 0.591. The molecular formula is C16H14Cl3N. The molecule has 3 rings (SSSR count). The molecule has 0 aliphatic heterocycles. The van der Waals surface area contributed by atoms with Crippen LogP contribution in [0.5, 0.6) is 0 Å². The van der Waals surface area contributed by atoms with Crippen LogP contribution in [0.25, 0.3) is 0 Å². The average Bonchev–Trinajstić information content (AvgIpc) is 3.24. The third kappa shape index (κ3) is 2.96. The predicted molar refractivity (Wildman–Crippen MR) is 85.9 cm³/mol. The monoisotopic (exact) mass is 325 g/mol. The first kappa shape index (κ1) is 14.2. The first-order valence-electron chi connectivity index (χ1n) is 6.57. The Morgan fingerprint density at radius 3 is 2.40 bits per heavy atom. The fourth-order valence-electron chi connectivity index (χ4n) is 2.45. The maximum absolute atomic E-state index is 6.20. The highest BCUT2D eigenvalue weighted by Crippen LogP contribution is 2.41. The fourth-order valence-corrected chi connectivity index (χ4v) is 3.13. The van der Waals surface area contributed by atoms with Crippen molar-refractivity contribution in [3.05, 3.63) is 68.7 Å². The Kier molecular flexibility index (Phi) is 4.23. The fraction of sp³-hybridized carbons (Fsp3) is 0.250. The van der Waals surface area contributed by atoms with Crippen molar-refractivity contribution in [3.63, 3.8) is 0 Å². The van der Waals surface area contributed by atoms with Crippen molar-refractivity contribution in [1.82, 2.24) is 5.32 Å². The van der Waals surface area contributed by atoms with Gasteiger partial charge in [-0.15, -0.1) is 0 Å². The van der Waals surface area contributed by atoms with Crippen molar-refractivity contribution in [2.24, 2.45) is 0 Å². The quantitative estimate of drug-likeness (QED) is 0.752. The number of rotatable bonds is 4. The van der Waals surface area contributed by atoms with Gasteiger partial charge in [-0.3, -0.25) is 0 Å². The molecule has 1 nitrogen and oxygen atoms in total. The van der Waals surface area contributed by atoms with E-state index >= 15 is 0 Å². The third-order valence-electron chi connectivity index (χ3n) is 3.70. The van der Waals surface area contributed by atoms with Crippen LogP contribution in [-0.4, -0.2) is 6.04 Å². The van der Waals surface area contributed by atoms with E-state index in [9.17, 15) is 0 Å². The van der Waals surface area contributed by atoms with E-state index in [0.29, 0.717) is 33.6 Å². The Labute approximate surface area is 133 Å².